The lowest BCUT2D eigenvalue weighted by atomic mass is 10.0. The fourth-order valence-corrected chi connectivity index (χ4v) is 3.31. The normalized spacial score (nSPS) is 15.0. The summed E-state index contributed by atoms with van der Waals surface area (Å²) in [5.41, 5.74) is 0.948. The number of carbonyl (C=O) groups excluding carboxylic acids is 4. The third-order valence-corrected chi connectivity index (χ3v) is 5.05. The van der Waals surface area contributed by atoms with Crippen LogP contribution < -0.4 is 10.6 Å². The summed E-state index contributed by atoms with van der Waals surface area (Å²) in [7, 11) is 0. The van der Waals surface area contributed by atoms with Gasteiger partial charge in [0.25, 0.3) is 0 Å². The molecule has 176 valence electrons. The SMILES string of the molecule is CC(=O)N1CCN(C(=O)CCNC(=O)C(NC(=O)OC(C)(C)C)c2ccc(C)cc2)CC1. The number of carbonyl (C=O) groups is 4. The number of hydrogen-bond donors (Lipinski definition) is 2. The van der Waals surface area contributed by atoms with Crippen molar-refractivity contribution < 1.29 is 23.9 Å². The molecule has 9 heteroatoms. The average Bonchev–Trinajstić information content (AvgIpc) is 2.71. The van der Waals surface area contributed by atoms with E-state index in [1.807, 2.05) is 19.1 Å². The Labute approximate surface area is 189 Å². The van der Waals surface area contributed by atoms with Gasteiger partial charge < -0.3 is 25.2 Å². The van der Waals surface area contributed by atoms with Crippen LogP contribution in [-0.4, -0.2) is 71.9 Å². The van der Waals surface area contributed by atoms with Gasteiger partial charge in [-0.2, -0.15) is 0 Å². The highest BCUT2D eigenvalue weighted by Gasteiger charge is 2.26. The maximum Gasteiger partial charge on any atom is 0.408 e. The molecule has 9 nitrogen and oxygen atoms in total. The summed E-state index contributed by atoms with van der Waals surface area (Å²) in [6.07, 6.45) is -0.559. The van der Waals surface area contributed by atoms with Gasteiger partial charge in [0.1, 0.15) is 11.6 Å². The van der Waals surface area contributed by atoms with Crippen LogP contribution in [0.3, 0.4) is 0 Å². The molecule has 1 aliphatic heterocycles. The Morgan fingerprint density at radius 3 is 2.09 bits per heavy atom. The molecule has 0 bridgehead atoms. The summed E-state index contributed by atoms with van der Waals surface area (Å²) in [6.45, 7) is 10.8. The van der Waals surface area contributed by atoms with E-state index in [2.05, 4.69) is 10.6 Å². The zero-order valence-corrected chi connectivity index (χ0v) is 19.6. The molecule has 4 amide bonds. The van der Waals surface area contributed by atoms with Gasteiger partial charge in [0, 0.05) is 46.1 Å². The molecule has 0 aliphatic carbocycles. The molecule has 1 atom stereocenters. The first-order chi connectivity index (χ1) is 15.0. The number of hydrogen-bond acceptors (Lipinski definition) is 5. The first kappa shape index (κ1) is 25.2. The Balaban J connectivity index is 1.93. The lowest BCUT2D eigenvalue weighted by Crippen LogP contribution is -2.50. The summed E-state index contributed by atoms with van der Waals surface area (Å²) < 4.78 is 5.29. The van der Waals surface area contributed by atoms with Crippen LogP contribution in [0.25, 0.3) is 0 Å². The number of aryl methyl sites for hydroxylation is 1. The highest BCUT2D eigenvalue weighted by molar-refractivity contribution is 5.87. The van der Waals surface area contributed by atoms with Crippen LogP contribution in [0.4, 0.5) is 4.79 Å². The van der Waals surface area contributed by atoms with Gasteiger partial charge in [-0.25, -0.2) is 4.79 Å². The molecule has 1 aromatic carbocycles. The highest BCUT2D eigenvalue weighted by Crippen LogP contribution is 2.16. The van der Waals surface area contributed by atoms with Crippen LogP contribution in [0.2, 0.25) is 0 Å². The second kappa shape index (κ2) is 11.0. The van der Waals surface area contributed by atoms with E-state index in [0.717, 1.165) is 5.56 Å². The average molecular weight is 447 g/mol. The molecular formula is C23H34N4O5. The first-order valence-corrected chi connectivity index (χ1v) is 10.8. The molecular weight excluding hydrogens is 412 g/mol. The molecule has 0 aromatic heterocycles. The number of amides is 4. The molecule has 0 spiro atoms. The van der Waals surface area contributed by atoms with Gasteiger partial charge in [-0.05, 0) is 33.3 Å². The third kappa shape index (κ3) is 7.86. The van der Waals surface area contributed by atoms with Crippen molar-refractivity contribution in [1.82, 2.24) is 20.4 Å². The van der Waals surface area contributed by atoms with Gasteiger partial charge in [0.2, 0.25) is 17.7 Å². The smallest absolute Gasteiger partial charge is 0.408 e. The fourth-order valence-electron chi connectivity index (χ4n) is 3.31. The van der Waals surface area contributed by atoms with Gasteiger partial charge in [-0.3, -0.25) is 14.4 Å². The summed E-state index contributed by atoms with van der Waals surface area (Å²) in [5.74, 6) is -0.501. The van der Waals surface area contributed by atoms with E-state index < -0.39 is 23.6 Å². The monoisotopic (exact) mass is 446 g/mol. The van der Waals surface area contributed by atoms with Crippen molar-refractivity contribution in [2.24, 2.45) is 0 Å². The third-order valence-electron chi connectivity index (χ3n) is 5.05. The van der Waals surface area contributed by atoms with E-state index in [4.69, 9.17) is 4.74 Å². The van der Waals surface area contributed by atoms with Crippen LogP contribution >= 0.6 is 0 Å². The summed E-state index contributed by atoms with van der Waals surface area (Å²) in [4.78, 5) is 52.4. The van der Waals surface area contributed by atoms with Crippen LogP contribution in [0.15, 0.2) is 24.3 Å². The Morgan fingerprint density at radius 1 is 1.00 bits per heavy atom. The van der Waals surface area contributed by atoms with Gasteiger partial charge in [-0.15, -0.1) is 0 Å². The molecule has 2 rings (SSSR count). The number of alkyl carbamates (subject to hydrolysis) is 1. The predicted molar refractivity (Wildman–Crippen MR) is 120 cm³/mol. The lowest BCUT2D eigenvalue weighted by molar-refractivity contribution is -0.138. The topological polar surface area (TPSA) is 108 Å². The minimum atomic E-state index is -0.945. The Hall–Kier alpha value is -3.10. The molecule has 32 heavy (non-hydrogen) atoms. The minimum Gasteiger partial charge on any atom is -0.444 e. The maximum absolute atomic E-state index is 12.9. The van der Waals surface area contributed by atoms with E-state index in [1.54, 1.807) is 42.7 Å². The van der Waals surface area contributed by atoms with Gasteiger partial charge >= 0.3 is 6.09 Å². The van der Waals surface area contributed by atoms with Gasteiger partial charge in [0.15, 0.2) is 0 Å². The minimum absolute atomic E-state index is 0.00370. The largest absolute Gasteiger partial charge is 0.444 e. The number of rotatable bonds is 6. The number of nitrogens with zero attached hydrogens (tertiary/aromatic N) is 2. The van der Waals surface area contributed by atoms with E-state index in [-0.39, 0.29) is 24.8 Å². The van der Waals surface area contributed by atoms with Crippen LogP contribution in [0, 0.1) is 6.92 Å². The van der Waals surface area contributed by atoms with Crippen LogP contribution in [0.1, 0.15) is 51.3 Å². The molecule has 0 saturated carbocycles. The number of benzene rings is 1. The molecule has 1 heterocycles. The van der Waals surface area contributed by atoms with Crippen molar-refractivity contribution in [3.63, 3.8) is 0 Å². The summed E-state index contributed by atoms with van der Waals surface area (Å²) >= 11 is 0. The Morgan fingerprint density at radius 2 is 1.56 bits per heavy atom. The van der Waals surface area contributed by atoms with Crippen molar-refractivity contribution in [1.29, 1.82) is 0 Å². The standard InChI is InChI=1S/C23H34N4O5/c1-16-6-8-18(9-7-16)20(25-22(31)32-23(3,4)5)21(30)24-11-10-19(29)27-14-12-26(13-15-27)17(2)28/h6-9,20H,10-15H2,1-5H3,(H,24,30)(H,25,31). The molecule has 0 radical (unpaired) electrons. The van der Waals surface area contributed by atoms with E-state index in [0.29, 0.717) is 31.7 Å². The number of ether oxygens (including phenoxy) is 1. The second-order valence-corrected chi connectivity index (χ2v) is 8.92. The molecule has 2 N–H and O–H groups in total. The van der Waals surface area contributed by atoms with E-state index >= 15 is 0 Å². The first-order valence-electron chi connectivity index (χ1n) is 10.8. The van der Waals surface area contributed by atoms with Gasteiger partial charge in [-0.1, -0.05) is 29.8 Å². The van der Waals surface area contributed by atoms with E-state index in [9.17, 15) is 19.2 Å². The zero-order chi connectivity index (χ0) is 23.9. The highest BCUT2D eigenvalue weighted by atomic mass is 16.6. The van der Waals surface area contributed by atoms with Crippen molar-refractivity contribution in [3.05, 3.63) is 35.4 Å². The Kier molecular flexibility index (Phi) is 8.63. The van der Waals surface area contributed by atoms with Crippen molar-refractivity contribution in [2.75, 3.05) is 32.7 Å². The van der Waals surface area contributed by atoms with Crippen LogP contribution in [-0.2, 0) is 19.1 Å². The number of nitrogens with one attached hydrogen (secondary N) is 2. The molecule has 1 fully saturated rings. The molecule has 1 aromatic rings. The lowest BCUT2D eigenvalue weighted by Gasteiger charge is -2.34. The molecule has 1 saturated heterocycles. The van der Waals surface area contributed by atoms with Crippen molar-refractivity contribution in [3.8, 4) is 0 Å². The summed E-state index contributed by atoms with van der Waals surface area (Å²) in [6, 6.07) is 6.32. The second-order valence-electron chi connectivity index (χ2n) is 8.92. The van der Waals surface area contributed by atoms with Crippen molar-refractivity contribution in [2.45, 2.75) is 52.7 Å². The molecule has 1 unspecified atom stereocenters. The van der Waals surface area contributed by atoms with Crippen LogP contribution in [0.5, 0.6) is 0 Å². The van der Waals surface area contributed by atoms with Gasteiger partial charge in [0.05, 0.1) is 0 Å². The quantitative estimate of drug-likeness (QED) is 0.692. The summed E-state index contributed by atoms with van der Waals surface area (Å²) in [5, 5.41) is 5.36. The predicted octanol–water partition coefficient (Wildman–Crippen LogP) is 1.76. The maximum atomic E-state index is 12.9. The number of piperazine rings is 1. The molecule has 1 aliphatic rings. The fraction of sp³-hybridized carbons (Fsp3) is 0.565. The zero-order valence-electron chi connectivity index (χ0n) is 19.6. The Bertz CT molecular complexity index is 824. The van der Waals surface area contributed by atoms with E-state index in [1.165, 1.54) is 6.92 Å². The van der Waals surface area contributed by atoms with Crippen molar-refractivity contribution >= 4 is 23.8 Å².